The third-order valence-corrected chi connectivity index (χ3v) is 3.80. The van der Waals surface area contributed by atoms with Crippen molar-refractivity contribution in [3.8, 4) is 12.3 Å². The number of aromatic nitrogens is 2. The summed E-state index contributed by atoms with van der Waals surface area (Å²) in [5.41, 5.74) is -3.08. The minimum absolute atomic E-state index is 0.154. The van der Waals surface area contributed by atoms with Gasteiger partial charge >= 0.3 is 0 Å². The zero-order chi connectivity index (χ0) is 15.8. The van der Waals surface area contributed by atoms with Gasteiger partial charge in [0.15, 0.2) is 5.60 Å². The summed E-state index contributed by atoms with van der Waals surface area (Å²) in [4.78, 5) is 13.6. The average molecular weight is 295 g/mol. The summed E-state index contributed by atoms with van der Waals surface area (Å²) in [5.74, 6) is 2.28. The molecule has 2 heterocycles. The summed E-state index contributed by atoms with van der Waals surface area (Å²) in [6, 6.07) is 1.22. The van der Waals surface area contributed by atoms with Crippen LogP contribution in [0.5, 0.6) is 0 Å². The van der Waals surface area contributed by atoms with E-state index in [-0.39, 0.29) is 5.62 Å². The van der Waals surface area contributed by atoms with Crippen LogP contribution in [0.25, 0.3) is 0 Å². The van der Waals surface area contributed by atoms with Gasteiger partial charge in [-0.3, -0.25) is 14.3 Å². The van der Waals surface area contributed by atoms with Crippen molar-refractivity contribution >= 4 is 0 Å². The van der Waals surface area contributed by atoms with Gasteiger partial charge in [0.2, 0.25) is 5.62 Å². The van der Waals surface area contributed by atoms with Gasteiger partial charge < -0.3 is 20.2 Å². The predicted octanol–water partition coefficient (Wildman–Crippen LogP) is -1.25. The van der Waals surface area contributed by atoms with Gasteiger partial charge in [-0.05, 0) is 0 Å². The fourth-order valence-electron chi connectivity index (χ4n) is 2.55. The number of aromatic amines is 1. The minimum atomic E-state index is -1.57. The largest absolute Gasteiger partial charge is 0.408 e. The summed E-state index contributed by atoms with van der Waals surface area (Å²) >= 11 is 0. The lowest BCUT2D eigenvalue weighted by Crippen LogP contribution is -2.46. The minimum Gasteiger partial charge on any atom is -0.408 e. The molecule has 0 unspecified atom stereocenters. The molecule has 8 nitrogen and oxygen atoms in total. The molecule has 0 spiro atoms. The van der Waals surface area contributed by atoms with Crippen LogP contribution in [0.3, 0.4) is 0 Å². The van der Waals surface area contributed by atoms with Crippen molar-refractivity contribution in [2.45, 2.75) is 31.8 Å². The molecule has 0 saturated carbocycles. The van der Waals surface area contributed by atoms with Gasteiger partial charge in [0.25, 0.3) is 5.56 Å². The van der Waals surface area contributed by atoms with Crippen LogP contribution >= 0.6 is 0 Å². The van der Waals surface area contributed by atoms with Crippen LogP contribution in [-0.2, 0) is 4.74 Å². The normalized spacial score (nSPS) is 32.0. The van der Waals surface area contributed by atoms with Crippen LogP contribution in [0, 0.1) is 17.8 Å². The van der Waals surface area contributed by atoms with Crippen molar-refractivity contribution in [1.82, 2.24) is 9.55 Å². The first-order valence-corrected chi connectivity index (χ1v) is 6.26. The van der Waals surface area contributed by atoms with Crippen molar-refractivity contribution in [3.63, 3.8) is 0 Å². The Morgan fingerprint density at radius 2 is 2.29 bits per heavy atom. The highest BCUT2D eigenvalue weighted by Gasteiger charge is 2.59. The summed E-state index contributed by atoms with van der Waals surface area (Å²) in [6.45, 7) is 2.81. The van der Waals surface area contributed by atoms with Crippen LogP contribution in [0.15, 0.2) is 22.2 Å². The van der Waals surface area contributed by atoms with Crippen molar-refractivity contribution in [3.05, 3.63) is 28.2 Å². The average Bonchev–Trinajstić information content (AvgIpc) is 2.68. The number of aliphatic hydroxyl groups is 2. The van der Waals surface area contributed by atoms with Crippen LogP contribution in [-0.4, -0.2) is 43.3 Å². The Labute approximate surface area is 120 Å². The molecule has 0 radical (unpaired) electrons. The smallest absolute Gasteiger partial charge is 0.252 e. The summed E-state index contributed by atoms with van der Waals surface area (Å²) in [7, 11) is 0. The quantitative estimate of drug-likeness (QED) is 0.308. The van der Waals surface area contributed by atoms with E-state index in [0.29, 0.717) is 0 Å². The highest BCUT2D eigenvalue weighted by molar-refractivity contribution is 5.20. The SMILES string of the molecule is C#C[C@]1(CO)O[C@@H](n2ccc(=O)[nH]/c2=N\O)C(C)(C)[C@@H]1O. The predicted molar refractivity (Wildman–Crippen MR) is 71.0 cm³/mol. The maximum atomic E-state index is 11.3. The fourth-order valence-corrected chi connectivity index (χ4v) is 2.55. The Morgan fingerprint density at radius 1 is 1.62 bits per heavy atom. The molecule has 1 aromatic rings. The van der Waals surface area contributed by atoms with Gasteiger partial charge in [-0.2, -0.15) is 0 Å². The van der Waals surface area contributed by atoms with E-state index in [0.717, 1.165) is 0 Å². The first-order chi connectivity index (χ1) is 9.82. The number of hydrogen-bond acceptors (Lipinski definition) is 6. The molecular formula is C13H17N3O5. The van der Waals surface area contributed by atoms with Gasteiger partial charge in [0.05, 0.1) is 6.61 Å². The van der Waals surface area contributed by atoms with E-state index in [9.17, 15) is 15.0 Å². The highest BCUT2D eigenvalue weighted by atomic mass is 16.6. The zero-order valence-electron chi connectivity index (χ0n) is 11.6. The van der Waals surface area contributed by atoms with E-state index in [1.54, 1.807) is 13.8 Å². The maximum absolute atomic E-state index is 11.3. The topological polar surface area (TPSA) is 120 Å². The standard InChI is InChI=1S/C13H17N3O5/c1-4-13(7-17)9(19)12(2,3)10(21-13)16-6-5-8(18)14-11(16)15-20/h1,5-6,9-10,17,19-20H,7H2,2-3H3,(H,14,15,18)/t9-,10+,13+/m0/s1. The number of hydrogen-bond donors (Lipinski definition) is 4. The molecule has 0 amide bonds. The van der Waals surface area contributed by atoms with Gasteiger partial charge in [0.1, 0.15) is 12.3 Å². The number of H-pyrrole nitrogens is 1. The number of aliphatic hydroxyl groups excluding tert-OH is 2. The molecule has 1 aliphatic heterocycles. The second kappa shape index (κ2) is 5.04. The molecule has 1 fully saturated rings. The molecule has 0 bridgehead atoms. The van der Waals surface area contributed by atoms with Gasteiger partial charge in [-0.25, -0.2) is 0 Å². The van der Waals surface area contributed by atoms with E-state index in [1.165, 1.54) is 16.8 Å². The molecule has 8 heteroatoms. The molecular weight excluding hydrogens is 278 g/mol. The lowest BCUT2D eigenvalue weighted by atomic mass is 9.79. The summed E-state index contributed by atoms with van der Waals surface area (Å²) in [6.07, 6.45) is 4.74. The van der Waals surface area contributed by atoms with E-state index in [4.69, 9.17) is 16.4 Å². The highest BCUT2D eigenvalue weighted by Crippen LogP contribution is 2.49. The molecule has 0 aromatic carbocycles. The van der Waals surface area contributed by atoms with E-state index >= 15 is 0 Å². The number of ether oxygens (including phenoxy) is 1. The monoisotopic (exact) mass is 295 g/mol. The molecule has 1 aromatic heterocycles. The van der Waals surface area contributed by atoms with Gasteiger partial charge in [-0.1, -0.05) is 24.9 Å². The second-order valence-corrected chi connectivity index (χ2v) is 5.52. The summed E-state index contributed by atoms with van der Waals surface area (Å²) in [5, 5.41) is 31.9. The van der Waals surface area contributed by atoms with Crippen LogP contribution in [0.4, 0.5) is 0 Å². The number of nitrogens with one attached hydrogen (secondary N) is 1. The number of rotatable bonds is 2. The molecule has 1 aliphatic rings. The maximum Gasteiger partial charge on any atom is 0.252 e. The van der Waals surface area contributed by atoms with Crippen molar-refractivity contribution in [1.29, 1.82) is 0 Å². The van der Waals surface area contributed by atoms with Crippen molar-refractivity contribution in [2.24, 2.45) is 10.6 Å². The summed E-state index contributed by atoms with van der Waals surface area (Å²) < 4.78 is 7.01. The molecule has 2 rings (SSSR count). The Hall–Kier alpha value is -2.08. The Morgan fingerprint density at radius 3 is 2.76 bits per heavy atom. The van der Waals surface area contributed by atoms with Crippen molar-refractivity contribution < 1.29 is 20.2 Å². The van der Waals surface area contributed by atoms with Crippen LogP contribution in [0.1, 0.15) is 20.1 Å². The fraction of sp³-hybridized carbons (Fsp3) is 0.538. The first kappa shape index (κ1) is 15.3. The lowest BCUT2D eigenvalue weighted by molar-refractivity contribution is -0.0941. The van der Waals surface area contributed by atoms with Gasteiger partial charge in [0, 0.05) is 17.7 Å². The number of terminal acetylenes is 1. The molecule has 4 N–H and O–H groups in total. The zero-order valence-corrected chi connectivity index (χ0v) is 11.6. The first-order valence-electron chi connectivity index (χ1n) is 6.26. The third-order valence-electron chi connectivity index (χ3n) is 3.80. The number of nitrogens with zero attached hydrogens (tertiary/aromatic N) is 2. The molecule has 21 heavy (non-hydrogen) atoms. The van der Waals surface area contributed by atoms with Crippen LogP contribution < -0.4 is 11.2 Å². The second-order valence-electron chi connectivity index (χ2n) is 5.52. The van der Waals surface area contributed by atoms with Crippen molar-refractivity contribution in [2.75, 3.05) is 6.61 Å². The Kier molecular flexibility index (Phi) is 3.67. The Bertz CT molecular complexity index is 699. The third kappa shape index (κ3) is 2.15. The molecule has 114 valence electrons. The molecule has 1 saturated heterocycles. The van der Waals surface area contributed by atoms with E-state index in [1.807, 2.05) is 0 Å². The Balaban J connectivity index is 2.61. The lowest BCUT2D eigenvalue weighted by Gasteiger charge is -2.29. The molecule has 0 aliphatic carbocycles. The van der Waals surface area contributed by atoms with E-state index in [2.05, 4.69) is 16.1 Å². The van der Waals surface area contributed by atoms with E-state index < -0.39 is 35.5 Å². The van der Waals surface area contributed by atoms with Gasteiger partial charge in [-0.15, -0.1) is 6.42 Å². The molecule has 3 atom stereocenters. The van der Waals surface area contributed by atoms with Crippen LogP contribution in [0.2, 0.25) is 0 Å².